The van der Waals surface area contributed by atoms with E-state index in [9.17, 15) is 0 Å². The highest BCUT2D eigenvalue weighted by atomic mass is 14.3. The molecule has 0 N–H and O–H groups in total. The van der Waals surface area contributed by atoms with Crippen LogP contribution in [0.5, 0.6) is 0 Å². The third-order valence-corrected chi connectivity index (χ3v) is 2.95. The van der Waals surface area contributed by atoms with Crippen LogP contribution in [-0.4, -0.2) is 0 Å². The molecular formula is C12H17N. The van der Waals surface area contributed by atoms with Gasteiger partial charge in [0.05, 0.1) is 6.07 Å². The van der Waals surface area contributed by atoms with Crippen molar-refractivity contribution in [3.63, 3.8) is 0 Å². The van der Waals surface area contributed by atoms with E-state index in [-0.39, 0.29) is 0 Å². The van der Waals surface area contributed by atoms with Crippen molar-refractivity contribution in [1.82, 2.24) is 0 Å². The molecular weight excluding hydrogens is 158 g/mol. The zero-order valence-electron chi connectivity index (χ0n) is 8.67. The van der Waals surface area contributed by atoms with Gasteiger partial charge in [-0.25, -0.2) is 0 Å². The lowest BCUT2D eigenvalue weighted by molar-refractivity contribution is 0.255. The summed E-state index contributed by atoms with van der Waals surface area (Å²) in [4.78, 5) is 0. The molecule has 0 saturated heterocycles. The normalized spacial score (nSPS) is 26.9. The Hall–Kier alpha value is -1.03. The minimum atomic E-state index is 0.312. The maximum atomic E-state index is 8.50. The standard InChI is InChI=1S/C12H17N/c1-10-6-4-8-12(2,3)11(10)7-5-9-13/h5-7,11H,4,8H2,1-3H3/t11-/m0/s1. The van der Waals surface area contributed by atoms with Crippen LogP contribution in [0.2, 0.25) is 0 Å². The van der Waals surface area contributed by atoms with E-state index in [1.54, 1.807) is 6.08 Å². The van der Waals surface area contributed by atoms with Gasteiger partial charge in [-0.05, 0) is 25.2 Å². The van der Waals surface area contributed by atoms with E-state index in [0.29, 0.717) is 11.3 Å². The third kappa shape index (κ3) is 2.21. The summed E-state index contributed by atoms with van der Waals surface area (Å²) in [6.45, 7) is 6.71. The van der Waals surface area contributed by atoms with Crippen LogP contribution < -0.4 is 0 Å². The fourth-order valence-electron chi connectivity index (χ4n) is 2.12. The van der Waals surface area contributed by atoms with Gasteiger partial charge in [-0.3, -0.25) is 0 Å². The van der Waals surface area contributed by atoms with Gasteiger partial charge in [0.15, 0.2) is 0 Å². The molecule has 1 rings (SSSR count). The van der Waals surface area contributed by atoms with Gasteiger partial charge in [-0.2, -0.15) is 5.26 Å². The maximum absolute atomic E-state index is 8.50. The molecule has 0 unspecified atom stereocenters. The predicted molar refractivity (Wildman–Crippen MR) is 55.0 cm³/mol. The zero-order valence-corrected chi connectivity index (χ0v) is 8.67. The van der Waals surface area contributed by atoms with E-state index in [1.807, 2.05) is 6.08 Å². The summed E-state index contributed by atoms with van der Waals surface area (Å²) in [6.07, 6.45) is 8.32. The molecule has 0 aromatic rings. The van der Waals surface area contributed by atoms with Gasteiger partial charge < -0.3 is 0 Å². The Morgan fingerprint density at radius 1 is 1.62 bits per heavy atom. The van der Waals surface area contributed by atoms with Crippen molar-refractivity contribution in [2.45, 2.75) is 33.6 Å². The Kier molecular flexibility index (Phi) is 2.93. The Bertz CT molecular complexity index is 276. The smallest absolute Gasteiger partial charge is 0.0908 e. The number of rotatable bonds is 1. The first-order valence-corrected chi connectivity index (χ1v) is 4.81. The number of allylic oxidation sites excluding steroid dienone is 4. The largest absolute Gasteiger partial charge is 0.193 e. The van der Waals surface area contributed by atoms with Crippen LogP contribution in [0, 0.1) is 22.7 Å². The summed E-state index contributed by atoms with van der Waals surface area (Å²) in [5, 5.41) is 8.50. The zero-order chi connectivity index (χ0) is 9.90. The lowest BCUT2D eigenvalue weighted by Gasteiger charge is -2.36. The fraction of sp³-hybridized carbons (Fsp3) is 0.583. The van der Waals surface area contributed by atoms with E-state index in [2.05, 4.69) is 32.9 Å². The van der Waals surface area contributed by atoms with Crippen LogP contribution in [-0.2, 0) is 0 Å². The lowest BCUT2D eigenvalue weighted by atomic mass is 9.68. The quantitative estimate of drug-likeness (QED) is 0.442. The lowest BCUT2D eigenvalue weighted by Crippen LogP contribution is -2.26. The van der Waals surface area contributed by atoms with Crippen molar-refractivity contribution in [3.05, 3.63) is 23.8 Å². The van der Waals surface area contributed by atoms with Gasteiger partial charge in [0.1, 0.15) is 0 Å². The van der Waals surface area contributed by atoms with Crippen molar-refractivity contribution in [3.8, 4) is 6.07 Å². The molecule has 0 aromatic heterocycles. The molecule has 0 bridgehead atoms. The molecule has 0 aromatic carbocycles. The first kappa shape index (κ1) is 10.1. The van der Waals surface area contributed by atoms with E-state index >= 15 is 0 Å². The highest BCUT2D eigenvalue weighted by molar-refractivity contribution is 5.21. The van der Waals surface area contributed by atoms with Crippen molar-refractivity contribution in [1.29, 1.82) is 5.26 Å². The van der Waals surface area contributed by atoms with Crippen LogP contribution in [0.1, 0.15) is 33.6 Å². The van der Waals surface area contributed by atoms with Crippen molar-refractivity contribution < 1.29 is 0 Å². The molecule has 0 radical (unpaired) electrons. The van der Waals surface area contributed by atoms with E-state index in [0.717, 1.165) is 0 Å². The molecule has 1 nitrogen and oxygen atoms in total. The molecule has 13 heavy (non-hydrogen) atoms. The fourth-order valence-corrected chi connectivity index (χ4v) is 2.12. The average Bonchev–Trinajstić information content (AvgIpc) is 2.02. The Balaban J connectivity index is 2.89. The van der Waals surface area contributed by atoms with E-state index in [1.165, 1.54) is 18.4 Å². The van der Waals surface area contributed by atoms with Gasteiger partial charge >= 0.3 is 0 Å². The number of hydrogen-bond donors (Lipinski definition) is 0. The minimum Gasteiger partial charge on any atom is -0.193 e. The summed E-state index contributed by atoms with van der Waals surface area (Å²) in [5.41, 5.74) is 1.72. The number of hydrogen-bond acceptors (Lipinski definition) is 1. The Morgan fingerprint density at radius 2 is 2.31 bits per heavy atom. The summed E-state index contributed by atoms with van der Waals surface area (Å²) in [7, 11) is 0. The summed E-state index contributed by atoms with van der Waals surface area (Å²) >= 11 is 0. The van der Waals surface area contributed by atoms with Crippen molar-refractivity contribution in [2.75, 3.05) is 0 Å². The first-order valence-electron chi connectivity index (χ1n) is 4.81. The minimum absolute atomic E-state index is 0.312. The molecule has 1 aliphatic carbocycles. The molecule has 0 spiro atoms. The second kappa shape index (κ2) is 3.79. The molecule has 0 saturated carbocycles. The monoisotopic (exact) mass is 175 g/mol. The molecule has 1 aliphatic rings. The average molecular weight is 175 g/mol. The summed E-state index contributed by atoms with van der Waals surface area (Å²) in [5.74, 6) is 0.445. The van der Waals surface area contributed by atoms with E-state index in [4.69, 9.17) is 5.26 Å². The molecule has 0 aliphatic heterocycles. The Labute approximate surface area is 80.8 Å². The highest BCUT2D eigenvalue weighted by Gasteiger charge is 2.30. The van der Waals surface area contributed by atoms with Crippen molar-refractivity contribution in [2.24, 2.45) is 11.3 Å². The number of nitriles is 1. The van der Waals surface area contributed by atoms with Gasteiger partial charge in [-0.1, -0.05) is 31.6 Å². The van der Waals surface area contributed by atoms with Crippen LogP contribution in [0.15, 0.2) is 23.8 Å². The van der Waals surface area contributed by atoms with Crippen molar-refractivity contribution >= 4 is 0 Å². The second-order valence-corrected chi connectivity index (χ2v) is 4.44. The summed E-state index contributed by atoms with van der Waals surface area (Å²) in [6, 6.07) is 2.07. The van der Waals surface area contributed by atoms with Gasteiger partial charge in [0.2, 0.25) is 0 Å². The van der Waals surface area contributed by atoms with Crippen LogP contribution in [0.3, 0.4) is 0 Å². The van der Waals surface area contributed by atoms with Gasteiger partial charge in [0, 0.05) is 12.0 Å². The second-order valence-electron chi connectivity index (χ2n) is 4.44. The van der Waals surface area contributed by atoms with E-state index < -0.39 is 0 Å². The number of nitrogens with zero attached hydrogens (tertiary/aromatic N) is 1. The van der Waals surface area contributed by atoms with Crippen LogP contribution >= 0.6 is 0 Å². The highest BCUT2D eigenvalue weighted by Crippen LogP contribution is 2.41. The topological polar surface area (TPSA) is 23.8 Å². The molecule has 1 heteroatoms. The van der Waals surface area contributed by atoms with Crippen LogP contribution in [0.4, 0.5) is 0 Å². The maximum Gasteiger partial charge on any atom is 0.0908 e. The summed E-state index contributed by atoms with van der Waals surface area (Å²) < 4.78 is 0. The molecule has 1 atom stereocenters. The molecule has 0 fully saturated rings. The SMILES string of the molecule is CC1=CCCC(C)(C)[C@H]1C=CC#N. The van der Waals surface area contributed by atoms with Gasteiger partial charge in [-0.15, -0.1) is 0 Å². The molecule has 70 valence electrons. The van der Waals surface area contributed by atoms with Gasteiger partial charge in [0.25, 0.3) is 0 Å². The first-order chi connectivity index (χ1) is 6.08. The van der Waals surface area contributed by atoms with Crippen LogP contribution in [0.25, 0.3) is 0 Å². The predicted octanol–water partition coefficient (Wildman–Crippen LogP) is 3.45. The molecule has 0 heterocycles. The third-order valence-electron chi connectivity index (χ3n) is 2.95. The molecule has 0 amide bonds. The Morgan fingerprint density at radius 3 is 2.85 bits per heavy atom.